The Balaban J connectivity index is 2.96. The average Bonchev–Trinajstić information content (AvgIpc) is 2.08. The summed E-state index contributed by atoms with van der Waals surface area (Å²) in [6.45, 7) is 0. The van der Waals surface area contributed by atoms with Crippen molar-refractivity contribution in [2.75, 3.05) is 12.0 Å². The van der Waals surface area contributed by atoms with Crippen molar-refractivity contribution in [2.45, 2.75) is 5.16 Å². The van der Waals surface area contributed by atoms with Crippen molar-refractivity contribution >= 4 is 23.6 Å². The van der Waals surface area contributed by atoms with Gasteiger partial charge in [0.05, 0.1) is 6.20 Å². The van der Waals surface area contributed by atoms with E-state index in [1.165, 1.54) is 18.0 Å². The smallest absolute Gasteiger partial charge is 0.449 e. The molecule has 0 radical (unpaired) electrons. The Kier molecular flexibility index (Phi) is 2.91. The SMILES string of the molecule is CSc1ncc(N)c(OC(=O)O)n1. The third kappa shape index (κ3) is 2.48. The lowest BCUT2D eigenvalue weighted by atomic mass is 10.5. The lowest BCUT2D eigenvalue weighted by molar-refractivity contribution is 0.142. The molecule has 0 unspecified atom stereocenters. The lowest BCUT2D eigenvalue weighted by Crippen LogP contribution is -2.07. The number of hydrogen-bond donors (Lipinski definition) is 2. The highest BCUT2D eigenvalue weighted by atomic mass is 32.2. The zero-order valence-corrected chi connectivity index (χ0v) is 7.54. The second-order valence-electron chi connectivity index (χ2n) is 1.99. The van der Waals surface area contributed by atoms with E-state index >= 15 is 0 Å². The molecule has 0 aromatic carbocycles. The van der Waals surface area contributed by atoms with E-state index in [1.54, 1.807) is 6.26 Å². The summed E-state index contributed by atoms with van der Waals surface area (Å²) in [7, 11) is 0. The van der Waals surface area contributed by atoms with Gasteiger partial charge >= 0.3 is 6.16 Å². The summed E-state index contributed by atoms with van der Waals surface area (Å²) in [5.74, 6) is -0.133. The Morgan fingerprint density at radius 3 is 3.00 bits per heavy atom. The number of hydrogen-bond acceptors (Lipinski definition) is 6. The van der Waals surface area contributed by atoms with Crippen LogP contribution in [-0.4, -0.2) is 27.5 Å². The number of aromatic nitrogens is 2. The number of anilines is 1. The summed E-state index contributed by atoms with van der Waals surface area (Å²) in [4.78, 5) is 17.7. The normalized spacial score (nSPS) is 9.62. The molecular formula is C6H7N3O3S. The molecule has 0 aliphatic carbocycles. The number of thioether (sulfide) groups is 1. The zero-order chi connectivity index (χ0) is 9.84. The highest BCUT2D eigenvalue weighted by molar-refractivity contribution is 7.98. The predicted molar refractivity (Wildman–Crippen MR) is 46.9 cm³/mol. The number of carboxylic acid groups (broad SMARTS) is 1. The van der Waals surface area contributed by atoms with Crippen LogP contribution in [-0.2, 0) is 0 Å². The Morgan fingerprint density at radius 2 is 2.46 bits per heavy atom. The third-order valence-electron chi connectivity index (χ3n) is 1.12. The van der Waals surface area contributed by atoms with Crippen LogP contribution in [0.3, 0.4) is 0 Å². The van der Waals surface area contributed by atoms with Crippen molar-refractivity contribution in [2.24, 2.45) is 0 Å². The van der Waals surface area contributed by atoms with Crippen LogP contribution in [0, 0.1) is 0 Å². The fraction of sp³-hybridized carbons (Fsp3) is 0.167. The number of nitrogen functional groups attached to an aromatic ring is 1. The maximum atomic E-state index is 10.2. The summed E-state index contributed by atoms with van der Waals surface area (Å²) >= 11 is 1.27. The Labute approximate surface area is 78.1 Å². The van der Waals surface area contributed by atoms with Gasteiger partial charge in [-0.15, -0.1) is 0 Å². The van der Waals surface area contributed by atoms with E-state index in [0.29, 0.717) is 5.16 Å². The van der Waals surface area contributed by atoms with Gasteiger partial charge in [-0.2, -0.15) is 4.98 Å². The second kappa shape index (κ2) is 3.94. The van der Waals surface area contributed by atoms with Crippen LogP contribution in [0.25, 0.3) is 0 Å². The molecule has 13 heavy (non-hydrogen) atoms. The van der Waals surface area contributed by atoms with Crippen LogP contribution >= 0.6 is 11.8 Å². The fourth-order valence-corrected chi connectivity index (χ4v) is 0.955. The molecule has 0 bridgehead atoms. The van der Waals surface area contributed by atoms with Gasteiger partial charge < -0.3 is 15.6 Å². The van der Waals surface area contributed by atoms with Gasteiger partial charge in [0.1, 0.15) is 5.69 Å². The van der Waals surface area contributed by atoms with Gasteiger partial charge in [-0.05, 0) is 6.26 Å². The molecule has 0 saturated carbocycles. The van der Waals surface area contributed by atoms with E-state index in [-0.39, 0.29) is 11.6 Å². The van der Waals surface area contributed by atoms with Gasteiger partial charge in [0, 0.05) is 0 Å². The average molecular weight is 201 g/mol. The van der Waals surface area contributed by atoms with Crippen LogP contribution in [0.2, 0.25) is 0 Å². The Morgan fingerprint density at radius 1 is 1.77 bits per heavy atom. The minimum Gasteiger partial charge on any atom is -0.449 e. The summed E-state index contributed by atoms with van der Waals surface area (Å²) in [6.07, 6.45) is 1.62. The fourth-order valence-electron chi connectivity index (χ4n) is 0.623. The van der Waals surface area contributed by atoms with E-state index in [9.17, 15) is 4.79 Å². The van der Waals surface area contributed by atoms with Crippen molar-refractivity contribution in [3.8, 4) is 5.88 Å². The second-order valence-corrected chi connectivity index (χ2v) is 2.76. The van der Waals surface area contributed by atoms with Gasteiger partial charge in [0.2, 0.25) is 0 Å². The maximum absolute atomic E-state index is 10.2. The molecule has 1 aromatic rings. The third-order valence-corrected chi connectivity index (χ3v) is 1.69. The van der Waals surface area contributed by atoms with Crippen molar-refractivity contribution in [3.63, 3.8) is 0 Å². The molecule has 70 valence electrons. The van der Waals surface area contributed by atoms with E-state index in [1.807, 2.05) is 0 Å². The standard InChI is InChI=1S/C6H7N3O3S/c1-13-5-8-2-3(7)4(9-5)12-6(10)11/h2H,7H2,1H3,(H,10,11). The highest BCUT2D eigenvalue weighted by Gasteiger charge is 2.08. The molecule has 0 atom stereocenters. The van der Waals surface area contributed by atoms with E-state index in [4.69, 9.17) is 10.8 Å². The molecule has 0 spiro atoms. The van der Waals surface area contributed by atoms with Gasteiger partial charge in [-0.1, -0.05) is 11.8 Å². The van der Waals surface area contributed by atoms with Crippen molar-refractivity contribution in [3.05, 3.63) is 6.20 Å². The van der Waals surface area contributed by atoms with Gasteiger partial charge in [-0.25, -0.2) is 9.78 Å². The van der Waals surface area contributed by atoms with Crippen LogP contribution in [0.4, 0.5) is 10.5 Å². The number of ether oxygens (including phenoxy) is 1. The van der Waals surface area contributed by atoms with E-state index < -0.39 is 6.16 Å². The van der Waals surface area contributed by atoms with Crippen LogP contribution < -0.4 is 10.5 Å². The molecular weight excluding hydrogens is 194 g/mol. The molecule has 0 aliphatic rings. The van der Waals surface area contributed by atoms with Gasteiger partial charge in [-0.3, -0.25) is 0 Å². The van der Waals surface area contributed by atoms with Crippen LogP contribution in [0.15, 0.2) is 11.4 Å². The van der Waals surface area contributed by atoms with Gasteiger partial charge in [0.15, 0.2) is 5.16 Å². The molecule has 7 heteroatoms. The largest absolute Gasteiger partial charge is 0.512 e. The van der Waals surface area contributed by atoms with Crippen LogP contribution in [0.1, 0.15) is 0 Å². The van der Waals surface area contributed by atoms with Crippen molar-refractivity contribution in [1.82, 2.24) is 9.97 Å². The number of rotatable bonds is 2. The first-order valence-electron chi connectivity index (χ1n) is 3.20. The topological polar surface area (TPSA) is 98.3 Å². The molecule has 3 N–H and O–H groups in total. The Hall–Kier alpha value is -1.50. The van der Waals surface area contributed by atoms with Crippen LogP contribution in [0.5, 0.6) is 5.88 Å². The monoisotopic (exact) mass is 201 g/mol. The van der Waals surface area contributed by atoms with E-state index in [2.05, 4.69) is 14.7 Å². The number of nitrogens with zero attached hydrogens (tertiary/aromatic N) is 2. The van der Waals surface area contributed by atoms with Crippen molar-refractivity contribution < 1.29 is 14.6 Å². The molecule has 0 amide bonds. The molecule has 6 nitrogen and oxygen atoms in total. The summed E-state index contributed by atoms with van der Waals surface area (Å²) in [6, 6.07) is 0. The maximum Gasteiger partial charge on any atom is 0.512 e. The summed E-state index contributed by atoms with van der Waals surface area (Å²) < 4.78 is 4.31. The minimum atomic E-state index is -1.45. The first-order valence-corrected chi connectivity index (χ1v) is 4.43. The first kappa shape index (κ1) is 9.59. The molecule has 1 rings (SSSR count). The highest BCUT2D eigenvalue weighted by Crippen LogP contribution is 2.20. The zero-order valence-electron chi connectivity index (χ0n) is 6.72. The minimum absolute atomic E-state index is 0.0974. The predicted octanol–water partition coefficient (Wildman–Crippen LogP) is 0.837. The molecule has 1 heterocycles. The van der Waals surface area contributed by atoms with Crippen molar-refractivity contribution in [1.29, 1.82) is 0 Å². The first-order chi connectivity index (χ1) is 6.13. The lowest BCUT2D eigenvalue weighted by Gasteiger charge is -2.02. The van der Waals surface area contributed by atoms with Gasteiger partial charge in [0.25, 0.3) is 5.88 Å². The summed E-state index contributed by atoms with van der Waals surface area (Å²) in [5.41, 5.74) is 5.47. The molecule has 0 saturated heterocycles. The molecule has 0 aliphatic heterocycles. The Bertz CT molecular complexity index is 331. The molecule has 0 fully saturated rings. The molecule has 1 aromatic heterocycles. The summed E-state index contributed by atoms with van der Waals surface area (Å²) in [5, 5.41) is 8.72. The van der Waals surface area contributed by atoms with E-state index in [0.717, 1.165) is 0 Å². The quantitative estimate of drug-likeness (QED) is 0.415. The number of nitrogens with two attached hydrogens (primary N) is 1. The number of carbonyl (C=O) groups is 1.